The summed E-state index contributed by atoms with van der Waals surface area (Å²) in [7, 11) is 2.00. The summed E-state index contributed by atoms with van der Waals surface area (Å²) in [6, 6.07) is 0. The van der Waals surface area contributed by atoms with E-state index in [0.29, 0.717) is 44.5 Å². The highest BCUT2D eigenvalue weighted by atomic mass is 16.5. The van der Waals surface area contributed by atoms with Crippen LogP contribution < -0.4 is 5.32 Å². The molecule has 0 aromatic heterocycles. The van der Waals surface area contributed by atoms with E-state index in [1.165, 1.54) is 122 Å². The van der Waals surface area contributed by atoms with Gasteiger partial charge in [-0.1, -0.05) is 201 Å². The fourth-order valence-electron chi connectivity index (χ4n) is 8.41. The van der Waals surface area contributed by atoms with Crippen molar-refractivity contribution in [3.8, 4) is 0 Å². The third kappa shape index (κ3) is 40.2. The molecule has 0 aliphatic rings. The highest BCUT2D eigenvalue weighted by Crippen LogP contribution is 2.24. The van der Waals surface area contributed by atoms with Gasteiger partial charge < -0.3 is 19.5 Å². The second kappa shape index (κ2) is 45.9. The van der Waals surface area contributed by atoms with E-state index >= 15 is 0 Å². The number of esters is 3. The lowest BCUT2D eigenvalue weighted by Gasteiger charge is -2.17. The number of rotatable bonds is 47. The molecular weight excluding hydrogens is 735 g/mol. The molecule has 0 rings (SSSR count). The Labute approximate surface area is 367 Å². The van der Waals surface area contributed by atoms with Crippen molar-refractivity contribution >= 4 is 17.9 Å². The zero-order chi connectivity index (χ0) is 43.3. The first kappa shape index (κ1) is 57.4. The summed E-state index contributed by atoms with van der Waals surface area (Å²) < 4.78 is 17.1. The highest BCUT2D eigenvalue weighted by Gasteiger charge is 2.19. The topological polar surface area (TPSA) is 90.9 Å². The van der Waals surface area contributed by atoms with Crippen LogP contribution in [0.4, 0.5) is 0 Å². The van der Waals surface area contributed by atoms with Gasteiger partial charge in [0.25, 0.3) is 0 Å². The first-order valence-electron chi connectivity index (χ1n) is 26.0. The summed E-state index contributed by atoms with van der Waals surface area (Å²) in [5.41, 5.74) is 0. The van der Waals surface area contributed by atoms with Crippen molar-refractivity contribution in [2.75, 3.05) is 33.4 Å². The standard InChI is InChI=1S/C52H101NO6/c1-6-10-23-33-47(34-24-11-7-2)41-45-57-50(54)39-29-19-14-17-27-37-49(52(56)59-44-32-22-16-21-31-43-53-5)38-28-18-15-20-30-40-51(55)58-46-42-48(35-25-12-8-3)36-26-13-9-4/h47-49,53H,6-46H2,1-5H3. The average molecular weight is 836 g/mol. The smallest absolute Gasteiger partial charge is 0.308 e. The number of hydrogen-bond acceptors (Lipinski definition) is 7. The summed E-state index contributed by atoms with van der Waals surface area (Å²) >= 11 is 0. The van der Waals surface area contributed by atoms with Crippen molar-refractivity contribution in [1.82, 2.24) is 5.32 Å². The molecule has 0 unspecified atom stereocenters. The Bertz CT molecular complexity index is 836. The molecule has 0 amide bonds. The molecule has 0 aromatic rings. The number of carbonyl (C=O) groups is 3. The van der Waals surface area contributed by atoms with Crippen LogP contribution in [0.2, 0.25) is 0 Å². The Morgan fingerprint density at radius 1 is 0.373 bits per heavy atom. The minimum absolute atomic E-state index is 0.0124. The van der Waals surface area contributed by atoms with Crippen molar-refractivity contribution in [3.05, 3.63) is 0 Å². The van der Waals surface area contributed by atoms with Crippen LogP contribution in [0.25, 0.3) is 0 Å². The first-order valence-corrected chi connectivity index (χ1v) is 26.0. The van der Waals surface area contributed by atoms with Crippen molar-refractivity contribution in [1.29, 1.82) is 0 Å². The molecule has 0 heterocycles. The third-order valence-corrected chi connectivity index (χ3v) is 12.5. The first-order chi connectivity index (χ1) is 28.9. The van der Waals surface area contributed by atoms with Gasteiger partial charge in [0.1, 0.15) is 0 Å². The predicted molar refractivity (Wildman–Crippen MR) is 251 cm³/mol. The Balaban J connectivity index is 4.46. The monoisotopic (exact) mass is 836 g/mol. The second-order valence-corrected chi connectivity index (χ2v) is 18.1. The minimum atomic E-state index is -0.0405. The molecule has 0 aromatic carbocycles. The SMILES string of the molecule is CCCCCC(CCCCC)CCOC(=O)CCCCCCCC(CCCCCCCC(=O)OCCC(CCCCC)CCCCC)C(=O)OCCCCCCCNC. The zero-order valence-electron chi connectivity index (χ0n) is 40.2. The van der Waals surface area contributed by atoms with Gasteiger partial charge in [-0.15, -0.1) is 0 Å². The fourth-order valence-corrected chi connectivity index (χ4v) is 8.41. The van der Waals surface area contributed by atoms with E-state index in [1.807, 2.05) is 7.05 Å². The largest absolute Gasteiger partial charge is 0.466 e. The van der Waals surface area contributed by atoms with Crippen LogP contribution in [0.3, 0.4) is 0 Å². The molecule has 0 atom stereocenters. The molecule has 0 fully saturated rings. The van der Waals surface area contributed by atoms with E-state index in [9.17, 15) is 14.4 Å². The van der Waals surface area contributed by atoms with Gasteiger partial charge in [0.15, 0.2) is 0 Å². The number of ether oxygens (including phenoxy) is 3. The summed E-state index contributed by atoms with van der Waals surface area (Å²) in [6.07, 6.45) is 41.1. The average Bonchev–Trinajstić information content (AvgIpc) is 3.23. The maximum Gasteiger partial charge on any atom is 0.308 e. The number of nitrogens with one attached hydrogen (secondary N) is 1. The van der Waals surface area contributed by atoms with Crippen molar-refractivity contribution in [2.45, 2.75) is 265 Å². The molecular formula is C52H101NO6. The molecule has 0 radical (unpaired) electrons. The van der Waals surface area contributed by atoms with Gasteiger partial charge >= 0.3 is 17.9 Å². The molecule has 0 saturated carbocycles. The van der Waals surface area contributed by atoms with Gasteiger partial charge in [0, 0.05) is 12.8 Å². The lowest BCUT2D eigenvalue weighted by Crippen LogP contribution is -2.18. The molecule has 0 bridgehead atoms. The Hall–Kier alpha value is -1.63. The van der Waals surface area contributed by atoms with Crippen molar-refractivity contribution < 1.29 is 28.6 Å². The van der Waals surface area contributed by atoms with Gasteiger partial charge in [0.05, 0.1) is 25.7 Å². The van der Waals surface area contributed by atoms with Crippen LogP contribution in [-0.2, 0) is 28.6 Å². The van der Waals surface area contributed by atoms with Gasteiger partial charge in [-0.3, -0.25) is 14.4 Å². The summed E-state index contributed by atoms with van der Waals surface area (Å²) in [5.74, 6) is 1.26. The van der Waals surface area contributed by atoms with Crippen LogP contribution in [0, 0.1) is 17.8 Å². The van der Waals surface area contributed by atoms with E-state index in [1.54, 1.807) is 0 Å². The summed E-state index contributed by atoms with van der Waals surface area (Å²) in [6.45, 7) is 11.8. The quantitative estimate of drug-likeness (QED) is 0.0371. The summed E-state index contributed by atoms with van der Waals surface area (Å²) in [4.78, 5) is 38.0. The summed E-state index contributed by atoms with van der Waals surface area (Å²) in [5, 5.41) is 3.20. The molecule has 1 N–H and O–H groups in total. The lowest BCUT2D eigenvalue weighted by molar-refractivity contribution is -0.149. The Morgan fingerprint density at radius 3 is 1.14 bits per heavy atom. The van der Waals surface area contributed by atoms with E-state index in [2.05, 4.69) is 33.0 Å². The third-order valence-electron chi connectivity index (χ3n) is 12.5. The van der Waals surface area contributed by atoms with Crippen LogP contribution >= 0.6 is 0 Å². The fraction of sp³-hybridized carbons (Fsp3) is 0.942. The second-order valence-electron chi connectivity index (χ2n) is 18.1. The normalized spacial score (nSPS) is 11.6. The van der Waals surface area contributed by atoms with Crippen LogP contribution in [0.5, 0.6) is 0 Å². The minimum Gasteiger partial charge on any atom is -0.466 e. The number of hydrogen-bond donors (Lipinski definition) is 1. The number of carbonyl (C=O) groups excluding carboxylic acids is 3. The number of unbranched alkanes of at least 4 members (excludes halogenated alkanes) is 20. The van der Waals surface area contributed by atoms with Crippen molar-refractivity contribution in [2.24, 2.45) is 17.8 Å². The van der Waals surface area contributed by atoms with Crippen LogP contribution in [-0.4, -0.2) is 51.3 Å². The molecule has 0 spiro atoms. The molecule has 59 heavy (non-hydrogen) atoms. The highest BCUT2D eigenvalue weighted by molar-refractivity contribution is 5.72. The molecule has 7 nitrogen and oxygen atoms in total. The van der Waals surface area contributed by atoms with E-state index in [0.717, 1.165) is 109 Å². The van der Waals surface area contributed by atoms with Crippen LogP contribution in [0.1, 0.15) is 265 Å². The maximum atomic E-state index is 13.2. The zero-order valence-corrected chi connectivity index (χ0v) is 40.2. The maximum absolute atomic E-state index is 13.2. The van der Waals surface area contributed by atoms with Gasteiger partial charge in [-0.25, -0.2) is 0 Å². The molecule has 7 heteroatoms. The van der Waals surface area contributed by atoms with E-state index < -0.39 is 0 Å². The van der Waals surface area contributed by atoms with Crippen molar-refractivity contribution in [3.63, 3.8) is 0 Å². The van der Waals surface area contributed by atoms with Gasteiger partial charge in [-0.05, 0) is 76.8 Å². The van der Waals surface area contributed by atoms with E-state index in [4.69, 9.17) is 14.2 Å². The van der Waals surface area contributed by atoms with Gasteiger partial charge in [0.2, 0.25) is 0 Å². The molecule has 0 saturated heterocycles. The molecule has 0 aliphatic heterocycles. The lowest BCUT2D eigenvalue weighted by atomic mass is 9.92. The Morgan fingerprint density at radius 2 is 0.729 bits per heavy atom. The van der Waals surface area contributed by atoms with Crippen LogP contribution in [0.15, 0.2) is 0 Å². The molecule has 350 valence electrons. The predicted octanol–water partition coefficient (Wildman–Crippen LogP) is 15.2. The molecule has 0 aliphatic carbocycles. The Kier molecular flexibility index (Phi) is 44.6. The van der Waals surface area contributed by atoms with Gasteiger partial charge in [-0.2, -0.15) is 0 Å². The van der Waals surface area contributed by atoms with E-state index in [-0.39, 0.29) is 23.8 Å².